The van der Waals surface area contributed by atoms with E-state index in [2.05, 4.69) is 36.4 Å². The largest absolute Gasteiger partial charge is 0.378 e. The van der Waals surface area contributed by atoms with Crippen molar-refractivity contribution in [1.29, 1.82) is 0 Å². The zero-order chi connectivity index (χ0) is 14.0. The van der Waals surface area contributed by atoms with Crippen molar-refractivity contribution in [2.45, 2.75) is 59.2 Å². The van der Waals surface area contributed by atoms with E-state index >= 15 is 0 Å². The minimum atomic E-state index is 0.148. The van der Waals surface area contributed by atoms with Crippen LogP contribution >= 0.6 is 0 Å². The molecule has 108 valence electrons. The van der Waals surface area contributed by atoms with Crippen LogP contribution in [0.25, 0.3) is 0 Å². The Hall–Kier alpha value is -0.870. The number of hydrogen-bond acceptors (Lipinski definition) is 3. The summed E-state index contributed by atoms with van der Waals surface area (Å²) in [6.07, 6.45) is 2.23. The van der Waals surface area contributed by atoms with E-state index in [0.717, 1.165) is 32.8 Å². The van der Waals surface area contributed by atoms with Crippen LogP contribution in [-0.4, -0.2) is 40.3 Å². The smallest absolute Gasteiger partial charge is 0.123 e. The second-order valence-electron chi connectivity index (χ2n) is 6.15. The number of nitrogens with zero attached hydrogens (tertiary/aromatic N) is 3. The van der Waals surface area contributed by atoms with Gasteiger partial charge in [0, 0.05) is 24.7 Å². The highest BCUT2D eigenvalue weighted by molar-refractivity contribution is 5.14. The number of ether oxygens (including phenoxy) is 1. The van der Waals surface area contributed by atoms with Crippen LogP contribution in [0, 0.1) is 0 Å². The SMILES string of the molecule is CC.CC(C)(C)c1cn2c(n1)CN(C1COC1)CC2. The van der Waals surface area contributed by atoms with Crippen LogP contribution in [-0.2, 0) is 23.2 Å². The Balaban J connectivity index is 0.000000637. The van der Waals surface area contributed by atoms with Crippen molar-refractivity contribution in [3.8, 4) is 0 Å². The summed E-state index contributed by atoms with van der Waals surface area (Å²) in [5, 5.41) is 0. The molecule has 1 aromatic rings. The zero-order valence-corrected chi connectivity index (χ0v) is 12.9. The second-order valence-corrected chi connectivity index (χ2v) is 6.15. The molecule has 0 spiro atoms. The Morgan fingerprint density at radius 1 is 1.21 bits per heavy atom. The van der Waals surface area contributed by atoms with Crippen LogP contribution < -0.4 is 0 Å². The average molecular weight is 265 g/mol. The Morgan fingerprint density at radius 2 is 1.89 bits per heavy atom. The molecule has 0 saturated carbocycles. The summed E-state index contributed by atoms with van der Waals surface area (Å²) in [6.45, 7) is 15.6. The highest BCUT2D eigenvalue weighted by atomic mass is 16.5. The monoisotopic (exact) mass is 265 g/mol. The maximum atomic E-state index is 5.27. The summed E-state index contributed by atoms with van der Waals surface area (Å²) in [4.78, 5) is 7.29. The molecule has 3 rings (SSSR count). The lowest BCUT2D eigenvalue weighted by Crippen LogP contribution is -2.51. The van der Waals surface area contributed by atoms with E-state index < -0.39 is 0 Å². The molecule has 2 aliphatic rings. The highest BCUT2D eigenvalue weighted by Gasteiger charge is 2.30. The third-order valence-corrected chi connectivity index (χ3v) is 3.74. The van der Waals surface area contributed by atoms with Gasteiger partial charge in [-0.1, -0.05) is 34.6 Å². The lowest BCUT2D eigenvalue weighted by Gasteiger charge is -2.39. The van der Waals surface area contributed by atoms with Crippen molar-refractivity contribution >= 4 is 0 Å². The molecule has 0 atom stereocenters. The van der Waals surface area contributed by atoms with Gasteiger partial charge in [0.05, 0.1) is 31.5 Å². The van der Waals surface area contributed by atoms with E-state index in [-0.39, 0.29) is 5.41 Å². The summed E-state index contributed by atoms with van der Waals surface area (Å²) in [5.74, 6) is 1.22. The Morgan fingerprint density at radius 3 is 2.42 bits per heavy atom. The standard InChI is InChI=1S/C13H21N3O.C2H6/c1-13(2,3)11-6-16-5-4-15(7-12(16)14-11)10-8-17-9-10;1-2/h6,10H,4-5,7-9H2,1-3H3;1-2H3. The van der Waals surface area contributed by atoms with Gasteiger partial charge in [-0.25, -0.2) is 4.98 Å². The van der Waals surface area contributed by atoms with E-state index in [0.29, 0.717) is 6.04 Å². The molecule has 0 amide bonds. The fraction of sp³-hybridized carbons (Fsp3) is 0.800. The summed E-state index contributed by atoms with van der Waals surface area (Å²) in [5.41, 5.74) is 1.36. The fourth-order valence-corrected chi connectivity index (χ4v) is 2.38. The van der Waals surface area contributed by atoms with Crippen molar-refractivity contribution in [2.75, 3.05) is 19.8 Å². The number of hydrogen-bond donors (Lipinski definition) is 0. The van der Waals surface area contributed by atoms with Crippen molar-refractivity contribution in [3.63, 3.8) is 0 Å². The molecule has 4 heteroatoms. The van der Waals surface area contributed by atoms with Gasteiger partial charge in [0.15, 0.2) is 0 Å². The van der Waals surface area contributed by atoms with Crippen molar-refractivity contribution < 1.29 is 4.74 Å². The lowest BCUT2D eigenvalue weighted by molar-refractivity contribution is -0.0734. The first-order valence-electron chi connectivity index (χ1n) is 7.42. The first-order chi connectivity index (χ1) is 9.04. The van der Waals surface area contributed by atoms with Gasteiger partial charge in [-0.15, -0.1) is 0 Å². The minimum Gasteiger partial charge on any atom is -0.378 e. The molecule has 0 aliphatic carbocycles. The Bertz CT molecular complexity index is 416. The molecule has 4 nitrogen and oxygen atoms in total. The van der Waals surface area contributed by atoms with Crippen LogP contribution in [0.1, 0.15) is 46.1 Å². The molecule has 0 bridgehead atoms. The van der Waals surface area contributed by atoms with Crippen LogP contribution in [0.2, 0.25) is 0 Å². The summed E-state index contributed by atoms with van der Waals surface area (Å²) < 4.78 is 7.58. The van der Waals surface area contributed by atoms with Crippen molar-refractivity contribution in [3.05, 3.63) is 17.7 Å². The van der Waals surface area contributed by atoms with Gasteiger partial charge in [-0.3, -0.25) is 4.90 Å². The van der Waals surface area contributed by atoms with E-state index in [1.807, 2.05) is 13.8 Å². The predicted molar refractivity (Wildman–Crippen MR) is 77.3 cm³/mol. The molecule has 0 aromatic carbocycles. The molecule has 1 aromatic heterocycles. The highest BCUT2D eigenvalue weighted by Crippen LogP contribution is 2.24. The Labute approximate surface area is 116 Å². The predicted octanol–water partition coefficient (Wildman–Crippen LogP) is 2.42. The van der Waals surface area contributed by atoms with Crippen LogP contribution in [0.5, 0.6) is 0 Å². The molecule has 1 fully saturated rings. The van der Waals surface area contributed by atoms with E-state index in [1.165, 1.54) is 11.5 Å². The maximum absolute atomic E-state index is 5.27. The number of imidazole rings is 1. The van der Waals surface area contributed by atoms with E-state index in [9.17, 15) is 0 Å². The number of aromatic nitrogens is 2. The van der Waals surface area contributed by atoms with Gasteiger partial charge < -0.3 is 9.30 Å². The molecular weight excluding hydrogens is 238 g/mol. The molecule has 19 heavy (non-hydrogen) atoms. The van der Waals surface area contributed by atoms with Crippen LogP contribution in [0.3, 0.4) is 0 Å². The number of rotatable bonds is 1. The third kappa shape index (κ3) is 3.00. The summed E-state index contributed by atoms with van der Waals surface area (Å²) in [6, 6.07) is 0.624. The normalized spacial score (nSPS) is 20.3. The molecule has 0 N–H and O–H groups in total. The molecule has 1 saturated heterocycles. The zero-order valence-electron chi connectivity index (χ0n) is 12.9. The van der Waals surface area contributed by atoms with Gasteiger partial charge in [0.1, 0.15) is 5.82 Å². The van der Waals surface area contributed by atoms with Crippen molar-refractivity contribution in [2.24, 2.45) is 0 Å². The maximum Gasteiger partial charge on any atom is 0.123 e. The summed E-state index contributed by atoms with van der Waals surface area (Å²) >= 11 is 0. The van der Waals surface area contributed by atoms with Gasteiger partial charge in [-0.2, -0.15) is 0 Å². The number of fused-ring (bicyclic) bond motifs is 1. The van der Waals surface area contributed by atoms with Gasteiger partial charge >= 0.3 is 0 Å². The topological polar surface area (TPSA) is 30.3 Å². The van der Waals surface area contributed by atoms with Gasteiger partial charge in [0.25, 0.3) is 0 Å². The minimum absolute atomic E-state index is 0.148. The summed E-state index contributed by atoms with van der Waals surface area (Å²) in [7, 11) is 0. The van der Waals surface area contributed by atoms with Gasteiger partial charge in [0.2, 0.25) is 0 Å². The molecule has 0 radical (unpaired) electrons. The second kappa shape index (κ2) is 5.63. The Kier molecular flexibility index (Phi) is 4.31. The fourth-order valence-electron chi connectivity index (χ4n) is 2.38. The van der Waals surface area contributed by atoms with Gasteiger partial charge in [-0.05, 0) is 0 Å². The third-order valence-electron chi connectivity index (χ3n) is 3.74. The first kappa shape index (κ1) is 14.5. The molecule has 2 aliphatic heterocycles. The average Bonchev–Trinajstić information content (AvgIpc) is 2.72. The van der Waals surface area contributed by atoms with E-state index in [4.69, 9.17) is 9.72 Å². The molecule has 0 unspecified atom stereocenters. The van der Waals surface area contributed by atoms with E-state index in [1.54, 1.807) is 0 Å². The molecular formula is C15H27N3O. The van der Waals surface area contributed by atoms with Crippen LogP contribution in [0.15, 0.2) is 6.20 Å². The van der Waals surface area contributed by atoms with Crippen LogP contribution in [0.4, 0.5) is 0 Å². The first-order valence-corrected chi connectivity index (χ1v) is 7.42. The van der Waals surface area contributed by atoms with Crippen molar-refractivity contribution in [1.82, 2.24) is 14.5 Å². The molecule has 3 heterocycles. The quantitative estimate of drug-likeness (QED) is 0.781. The lowest BCUT2D eigenvalue weighted by atomic mass is 9.93.